The standard InChI is InChI=1S/C22H23BrN8O3/c23-16-10-24-21(28-19(16)27-18-9-17(29-30-18)12-1-2-12)26-14-5-3-13(4-6-14)20(32)25-15-7-8-31(11-15)22(33)34/h3-6,9-10,12,15H,1-2,7-8,11H2,(H,25,32)(H,33,34)(H3,24,26,27,28,29,30)/t15-/m1/s1. The fraction of sp³-hybridized carbons (Fsp3) is 0.318. The lowest BCUT2D eigenvalue weighted by Crippen LogP contribution is -2.38. The summed E-state index contributed by atoms with van der Waals surface area (Å²) in [6, 6.07) is 8.74. The number of amides is 2. The summed E-state index contributed by atoms with van der Waals surface area (Å²) in [6.45, 7) is 0.729. The van der Waals surface area contributed by atoms with Gasteiger partial charge in [0.25, 0.3) is 5.91 Å². The van der Waals surface area contributed by atoms with Gasteiger partial charge in [0.1, 0.15) is 0 Å². The maximum Gasteiger partial charge on any atom is 0.407 e. The number of nitrogens with one attached hydrogen (secondary N) is 4. The summed E-state index contributed by atoms with van der Waals surface area (Å²) in [6.07, 6.45) is 3.67. The van der Waals surface area contributed by atoms with Gasteiger partial charge in [-0.05, 0) is 59.5 Å². The average Bonchev–Trinajstić information content (AvgIpc) is 3.38. The largest absolute Gasteiger partial charge is 0.465 e. The highest BCUT2D eigenvalue weighted by atomic mass is 79.9. The highest BCUT2D eigenvalue weighted by molar-refractivity contribution is 9.10. The number of aromatic nitrogens is 4. The third-order valence-electron chi connectivity index (χ3n) is 5.80. The molecule has 176 valence electrons. The number of hydrogen-bond acceptors (Lipinski definition) is 7. The first kappa shape index (κ1) is 22.1. The number of hydrogen-bond donors (Lipinski definition) is 5. The molecule has 1 aromatic carbocycles. The number of likely N-dealkylation sites (tertiary alicyclic amines) is 1. The molecule has 5 N–H and O–H groups in total. The van der Waals surface area contributed by atoms with Gasteiger partial charge in [-0.3, -0.25) is 9.89 Å². The summed E-state index contributed by atoms with van der Waals surface area (Å²) < 4.78 is 0.703. The van der Waals surface area contributed by atoms with Crippen molar-refractivity contribution in [1.82, 2.24) is 30.4 Å². The van der Waals surface area contributed by atoms with Crippen LogP contribution in [-0.4, -0.2) is 61.3 Å². The molecule has 2 aromatic heterocycles. The highest BCUT2D eigenvalue weighted by Crippen LogP contribution is 2.39. The van der Waals surface area contributed by atoms with Gasteiger partial charge in [-0.25, -0.2) is 9.78 Å². The quantitative estimate of drug-likeness (QED) is 0.312. The fourth-order valence-corrected chi connectivity index (χ4v) is 4.09. The number of aromatic amines is 1. The van der Waals surface area contributed by atoms with Crippen molar-refractivity contribution >= 4 is 51.2 Å². The lowest BCUT2D eigenvalue weighted by molar-refractivity contribution is 0.0936. The average molecular weight is 527 g/mol. The second kappa shape index (κ2) is 9.29. The molecule has 2 amide bonds. The van der Waals surface area contributed by atoms with E-state index >= 15 is 0 Å². The second-order valence-electron chi connectivity index (χ2n) is 8.39. The molecule has 0 bridgehead atoms. The normalized spacial score (nSPS) is 17.4. The zero-order chi connectivity index (χ0) is 23.7. The molecule has 12 heteroatoms. The van der Waals surface area contributed by atoms with Crippen molar-refractivity contribution in [2.24, 2.45) is 0 Å². The number of carbonyl (C=O) groups is 2. The first-order chi connectivity index (χ1) is 16.4. The van der Waals surface area contributed by atoms with E-state index in [9.17, 15) is 9.59 Å². The number of nitrogens with zero attached hydrogens (tertiary/aromatic N) is 4. The zero-order valence-corrected chi connectivity index (χ0v) is 19.7. The van der Waals surface area contributed by atoms with Gasteiger partial charge in [0.05, 0.1) is 4.47 Å². The molecular formula is C22H23BrN8O3. The van der Waals surface area contributed by atoms with Crippen LogP contribution in [0.3, 0.4) is 0 Å². The van der Waals surface area contributed by atoms with Crippen molar-refractivity contribution < 1.29 is 14.7 Å². The molecule has 3 aromatic rings. The molecule has 3 heterocycles. The zero-order valence-electron chi connectivity index (χ0n) is 18.1. The molecule has 5 rings (SSSR count). The molecule has 1 atom stereocenters. The summed E-state index contributed by atoms with van der Waals surface area (Å²) >= 11 is 3.46. The van der Waals surface area contributed by atoms with Crippen LogP contribution in [-0.2, 0) is 0 Å². The SMILES string of the molecule is O=C(N[C@@H]1CCN(C(=O)O)C1)c1ccc(Nc2ncc(Br)c(Nc3cc(C4CC4)[nH]n3)n2)cc1. The summed E-state index contributed by atoms with van der Waals surface area (Å²) in [7, 11) is 0. The summed E-state index contributed by atoms with van der Waals surface area (Å²) in [5, 5.41) is 25.6. The Morgan fingerprint density at radius 1 is 1.15 bits per heavy atom. The lowest BCUT2D eigenvalue weighted by atomic mass is 10.1. The molecule has 34 heavy (non-hydrogen) atoms. The van der Waals surface area contributed by atoms with Crippen molar-refractivity contribution in [3.05, 3.63) is 52.3 Å². The number of halogens is 1. The van der Waals surface area contributed by atoms with E-state index in [0.29, 0.717) is 53.0 Å². The smallest absolute Gasteiger partial charge is 0.407 e. The number of carboxylic acid groups (broad SMARTS) is 1. The fourth-order valence-electron chi connectivity index (χ4n) is 3.80. The van der Waals surface area contributed by atoms with Crippen LogP contribution in [0.1, 0.15) is 41.2 Å². The van der Waals surface area contributed by atoms with E-state index in [-0.39, 0.29) is 11.9 Å². The first-order valence-corrected chi connectivity index (χ1v) is 11.7. The van der Waals surface area contributed by atoms with Crippen LogP contribution in [0.4, 0.5) is 28.1 Å². The van der Waals surface area contributed by atoms with Crippen LogP contribution < -0.4 is 16.0 Å². The molecule has 1 aliphatic heterocycles. The molecular weight excluding hydrogens is 504 g/mol. The van der Waals surface area contributed by atoms with Crippen LogP contribution >= 0.6 is 15.9 Å². The Balaban J connectivity index is 1.20. The molecule has 0 unspecified atom stereocenters. The number of benzene rings is 1. The summed E-state index contributed by atoms with van der Waals surface area (Å²) in [5.41, 5.74) is 2.34. The molecule has 11 nitrogen and oxygen atoms in total. The van der Waals surface area contributed by atoms with Crippen LogP contribution in [0.15, 0.2) is 41.0 Å². The van der Waals surface area contributed by atoms with E-state index in [1.807, 2.05) is 6.07 Å². The Bertz CT molecular complexity index is 1210. The van der Waals surface area contributed by atoms with Gasteiger partial charge in [-0.2, -0.15) is 10.1 Å². The van der Waals surface area contributed by atoms with E-state index in [0.717, 1.165) is 11.4 Å². The van der Waals surface area contributed by atoms with Crippen molar-refractivity contribution in [2.75, 3.05) is 23.7 Å². The molecule has 1 aliphatic carbocycles. The summed E-state index contributed by atoms with van der Waals surface area (Å²) in [4.78, 5) is 33.7. The third kappa shape index (κ3) is 5.11. The van der Waals surface area contributed by atoms with E-state index < -0.39 is 6.09 Å². The minimum Gasteiger partial charge on any atom is -0.465 e. The van der Waals surface area contributed by atoms with Gasteiger partial charge in [0.2, 0.25) is 5.95 Å². The molecule has 0 radical (unpaired) electrons. The molecule has 2 fully saturated rings. The van der Waals surface area contributed by atoms with E-state index in [2.05, 4.69) is 52.0 Å². The Morgan fingerprint density at radius 2 is 1.94 bits per heavy atom. The van der Waals surface area contributed by atoms with Gasteiger partial charge < -0.3 is 26.0 Å². The monoisotopic (exact) mass is 526 g/mol. The number of anilines is 4. The molecule has 0 spiro atoms. The lowest BCUT2D eigenvalue weighted by Gasteiger charge is -2.14. The van der Waals surface area contributed by atoms with Crippen LogP contribution in [0.5, 0.6) is 0 Å². The van der Waals surface area contributed by atoms with Crippen molar-refractivity contribution in [2.45, 2.75) is 31.2 Å². The Kier molecular flexibility index (Phi) is 6.05. The molecule has 1 saturated heterocycles. The van der Waals surface area contributed by atoms with E-state index in [4.69, 9.17) is 5.11 Å². The Morgan fingerprint density at radius 3 is 2.65 bits per heavy atom. The highest BCUT2D eigenvalue weighted by Gasteiger charge is 2.27. The van der Waals surface area contributed by atoms with Gasteiger partial charge in [-0.15, -0.1) is 0 Å². The molecule has 1 saturated carbocycles. The second-order valence-corrected chi connectivity index (χ2v) is 9.24. The van der Waals surface area contributed by atoms with Gasteiger partial charge >= 0.3 is 6.09 Å². The maximum atomic E-state index is 12.5. The number of carbonyl (C=O) groups excluding carboxylic acids is 1. The Labute approximate surface area is 203 Å². The predicted octanol–water partition coefficient (Wildman–Crippen LogP) is 3.81. The van der Waals surface area contributed by atoms with Gasteiger partial charge in [0.15, 0.2) is 11.6 Å². The summed E-state index contributed by atoms with van der Waals surface area (Å²) in [5.74, 6) is 2.00. The third-order valence-corrected chi connectivity index (χ3v) is 6.38. The minimum absolute atomic E-state index is 0.182. The topological polar surface area (TPSA) is 148 Å². The minimum atomic E-state index is -0.965. The number of H-pyrrole nitrogens is 1. The van der Waals surface area contributed by atoms with Crippen LogP contribution in [0.2, 0.25) is 0 Å². The van der Waals surface area contributed by atoms with Crippen molar-refractivity contribution in [3.8, 4) is 0 Å². The van der Waals surface area contributed by atoms with Crippen molar-refractivity contribution in [1.29, 1.82) is 0 Å². The van der Waals surface area contributed by atoms with Gasteiger partial charge in [0, 0.05) is 54.3 Å². The van der Waals surface area contributed by atoms with Crippen LogP contribution in [0.25, 0.3) is 0 Å². The Hall–Kier alpha value is -3.67. The van der Waals surface area contributed by atoms with E-state index in [1.165, 1.54) is 17.7 Å². The maximum absolute atomic E-state index is 12.5. The number of rotatable bonds is 7. The van der Waals surface area contributed by atoms with E-state index in [1.54, 1.807) is 30.5 Å². The first-order valence-electron chi connectivity index (χ1n) is 11.0. The van der Waals surface area contributed by atoms with Crippen LogP contribution in [0, 0.1) is 0 Å². The predicted molar refractivity (Wildman–Crippen MR) is 129 cm³/mol. The van der Waals surface area contributed by atoms with Gasteiger partial charge in [-0.1, -0.05) is 0 Å². The van der Waals surface area contributed by atoms with Crippen molar-refractivity contribution in [3.63, 3.8) is 0 Å². The molecule has 2 aliphatic rings.